The van der Waals surface area contributed by atoms with E-state index >= 15 is 0 Å². The summed E-state index contributed by atoms with van der Waals surface area (Å²) in [6, 6.07) is 23.0. The molecule has 1 heterocycles. The fourth-order valence-electron chi connectivity index (χ4n) is 2.87. The van der Waals surface area contributed by atoms with Gasteiger partial charge in [-0.3, -0.25) is 4.79 Å². The van der Waals surface area contributed by atoms with E-state index in [1.165, 1.54) is 11.8 Å². The van der Waals surface area contributed by atoms with Gasteiger partial charge in [0.2, 0.25) is 0 Å². The number of sulfonamides is 1. The Hall–Kier alpha value is -2.57. The molecule has 1 amide bonds. The van der Waals surface area contributed by atoms with Crippen LogP contribution in [0.4, 0.5) is 0 Å². The molecule has 0 spiro atoms. The van der Waals surface area contributed by atoms with E-state index in [4.69, 9.17) is 0 Å². The van der Waals surface area contributed by atoms with E-state index < -0.39 is 15.9 Å². The van der Waals surface area contributed by atoms with E-state index in [1.807, 2.05) is 42.5 Å². The number of rotatable bonds is 2. The molecule has 0 N–H and O–H groups in total. The van der Waals surface area contributed by atoms with Crippen molar-refractivity contribution in [1.82, 2.24) is 4.31 Å². The zero-order valence-corrected chi connectivity index (χ0v) is 15.3. The topological polar surface area (TPSA) is 54.5 Å². The minimum atomic E-state index is -3.97. The van der Waals surface area contributed by atoms with Crippen LogP contribution in [0.15, 0.2) is 93.5 Å². The molecule has 1 aliphatic rings. The van der Waals surface area contributed by atoms with Gasteiger partial charge in [-0.2, -0.15) is 0 Å². The average Bonchev–Trinajstić information content (AvgIpc) is 2.66. The van der Waals surface area contributed by atoms with Gasteiger partial charge >= 0.3 is 0 Å². The van der Waals surface area contributed by atoms with Crippen LogP contribution in [0.25, 0.3) is 0 Å². The van der Waals surface area contributed by atoms with Crippen molar-refractivity contribution in [3.05, 3.63) is 90.0 Å². The van der Waals surface area contributed by atoms with Crippen LogP contribution in [0.2, 0.25) is 0 Å². The molecule has 0 unspecified atom stereocenters. The number of carbonyl (C=O) groups excluding carboxylic acids is 1. The summed E-state index contributed by atoms with van der Waals surface area (Å²) in [5, 5.41) is 0. The molecule has 3 aromatic rings. The van der Waals surface area contributed by atoms with Crippen LogP contribution in [0.5, 0.6) is 0 Å². The quantitative estimate of drug-likeness (QED) is 0.668. The summed E-state index contributed by atoms with van der Waals surface area (Å²) in [6.45, 7) is -0.00462. The summed E-state index contributed by atoms with van der Waals surface area (Å²) >= 11 is 1.30. The molecule has 4 nitrogen and oxygen atoms in total. The third kappa shape index (κ3) is 2.91. The van der Waals surface area contributed by atoms with Gasteiger partial charge in [0.15, 0.2) is 0 Å². The van der Waals surface area contributed by atoms with Crippen molar-refractivity contribution < 1.29 is 13.2 Å². The molecule has 0 aliphatic carbocycles. The molecule has 4 rings (SSSR count). The van der Waals surface area contributed by atoms with Crippen LogP contribution < -0.4 is 0 Å². The van der Waals surface area contributed by atoms with Gasteiger partial charge in [-0.05, 0) is 29.8 Å². The lowest BCUT2D eigenvalue weighted by Crippen LogP contribution is -2.37. The molecule has 26 heavy (non-hydrogen) atoms. The minimum Gasteiger partial charge on any atom is -0.268 e. The van der Waals surface area contributed by atoms with Gasteiger partial charge in [0.25, 0.3) is 15.9 Å². The monoisotopic (exact) mass is 381 g/mol. The van der Waals surface area contributed by atoms with Crippen LogP contribution in [0.1, 0.15) is 15.9 Å². The molecule has 130 valence electrons. The SMILES string of the molecule is O=C1c2ccccc2Sc2ccccc2S(=O)(=O)N1Cc1ccccc1. The van der Waals surface area contributed by atoms with Crippen molar-refractivity contribution in [1.29, 1.82) is 0 Å². The number of benzene rings is 3. The fourth-order valence-corrected chi connectivity index (χ4v) is 5.72. The number of amides is 1. The second kappa shape index (κ2) is 6.63. The van der Waals surface area contributed by atoms with E-state index in [-0.39, 0.29) is 11.4 Å². The highest BCUT2D eigenvalue weighted by atomic mass is 32.2. The van der Waals surface area contributed by atoms with Crippen molar-refractivity contribution in [3.63, 3.8) is 0 Å². The van der Waals surface area contributed by atoms with E-state index in [1.54, 1.807) is 36.4 Å². The second-order valence-electron chi connectivity index (χ2n) is 5.85. The number of carbonyl (C=O) groups is 1. The Morgan fingerprint density at radius 1 is 0.769 bits per heavy atom. The van der Waals surface area contributed by atoms with E-state index in [0.717, 1.165) is 14.8 Å². The predicted octanol–water partition coefficient (Wildman–Crippen LogP) is 4.18. The molecule has 3 aromatic carbocycles. The number of hydrogen-bond acceptors (Lipinski definition) is 4. The highest BCUT2D eigenvalue weighted by molar-refractivity contribution is 8.00. The van der Waals surface area contributed by atoms with Crippen LogP contribution in [0.3, 0.4) is 0 Å². The normalized spacial score (nSPS) is 15.5. The number of nitrogens with zero attached hydrogens (tertiary/aromatic N) is 1. The first-order chi connectivity index (χ1) is 12.6. The highest BCUT2D eigenvalue weighted by Crippen LogP contribution is 2.39. The Labute approximate surface area is 156 Å². The van der Waals surface area contributed by atoms with Gasteiger partial charge in [0.05, 0.1) is 12.1 Å². The molecular weight excluding hydrogens is 366 g/mol. The van der Waals surface area contributed by atoms with Crippen LogP contribution in [-0.4, -0.2) is 18.6 Å². The summed E-state index contributed by atoms with van der Waals surface area (Å²) in [4.78, 5) is 14.7. The standard InChI is InChI=1S/C20H15NO3S2/c22-20-16-10-4-5-11-17(16)25-18-12-6-7-13-19(18)26(23,24)21(20)14-15-8-2-1-3-9-15/h1-13H,14H2. The summed E-state index contributed by atoms with van der Waals surface area (Å²) in [7, 11) is -3.97. The van der Waals surface area contributed by atoms with Gasteiger partial charge in [-0.15, -0.1) is 0 Å². The molecule has 0 aromatic heterocycles. The Morgan fingerprint density at radius 3 is 2.15 bits per heavy atom. The fraction of sp³-hybridized carbons (Fsp3) is 0.0500. The Morgan fingerprint density at radius 2 is 1.38 bits per heavy atom. The Kier molecular flexibility index (Phi) is 4.30. The second-order valence-corrected chi connectivity index (χ2v) is 8.76. The lowest BCUT2D eigenvalue weighted by molar-refractivity contribution is 0.0851. The molecule has 0 saturated heterocycles. The van der Waals surface area contributed by atoms with Crippen molar-refractivity contribution in [2.45, 2.75) is 21.2 Å². The lowest BCUT2D eigenvalue weighted by Gasteiger charge is -2.27. The predicted molar refractivity (Wildman–Crippen MR) is 101 cm³/mol. The largest absolute Gasteiger partial charge is 0.269 e. The third-order valence-electron chi connectivity index (χ3n) is 4.15. The average molecular weight is 381 g/mol. The third-order valence-corrected chi connectivity index (χ3v) is 7.22. The molecule has 6 heteroatoms. The lowest BCUT2D eigenvalue weighted by atomic mass is 10.2. The van der Waals surface area contributed by atoms with Crippen LogP contribution >= 0.6 is 11.8 Å². The Balaban J connectivity index is 1.93. The van der Waals surface area contributed by atoms with Crippen LogP contribution in [-0.2, 0) is 16.6 Å². The maximum atomic E-state index is 13.3. The molecular formula is C20H15NO3S2. The summed E-state index contributed by atoms with van der Waals surface area (Å²) in [5.74, 6) is -0.508. The maximum Gasteiger partial charge on any atom is 0.269 e. The first-order valence-electron chi connectivity index (χ1n) is 8.04. The number of fused-ring (bicyclic) bond motifs is 2. The summed E-state index contributed by atoms with van der Waals surface area (Å²) in [6.07, 6.45) is 0. The van der Waals surface area contributed by atoms with Crippen molar-refractivity contribution in [3.8, 4) is 0 Å². The zero-order valence-electron chi connectivity index (χ0n) is 13.7. The molecule has 1 aliphatic heterocycles. The van der Waals surface area contributed by atoms with Gasteiger partial charge < -0.3 is 0 Å². The molecule has 0 bridgehead atoms. The van der Waals surface area contributed by atoms with Crippen LogP contribution in [0, 0.1) is 0 Å². The summed E-state index contributed by atoms with van der Waals surface area (Å²) in [5.41, 5.74) is 1.15. The zero-order chi connectivity index (χ0) is 18.1. The van der Waals surface area contributed by atoms with Crippen molar-refractivity contribution in [2.75, 3.05) is 0 Å². The number of hydrogen-bond donors (Lipinski definition) is 0. The Bertz CT molecular complexity index is 1080. The maximum absolute atomic E-state index is 13.3. The van der Waals surface area contributed by atoms with Gasteiger partial charge in [-0.1, -0.05) is 66.4 Å². The highest BCUT2D eigenvalue weighted by Gasteiger charge is 2.35. The van der Waals surface area contributed by atoms with Gasteiger partial charge in [-0.25, -0.2) is 12.7 Å². The molecule has 0 atom stereocenters. The molecule has 0 fully saturated rings. The van der Waals surface area contributed by atoms with E-state index in [2.05, 4.69) is 0 Å². The smallest absolute Gasteiger partial charge is 0.268 e. The van der Waals surface area contributed by atoms with E-state index in [0.29, 0.717) is 10.5 Å². The van der Waals surface area contributed by atoms with Gasteiger partial charge in [0.1, 0.15) is 4.90 Å². The van der Waals surface area contributed by atoms with E-state index in [9.17, 15) is 13.2 Å². The summed E-state index contributed by atoms with van der Waals surface area (Å²) < 4.78 is 27.6. The first-order valence-corrected chi connectivity index (χ1v) is 10.3. The molecule has 0 saturated carbocycles. The molecule has 0 radical (unpaired) electrons. The minimum absolute atomic E-state index is 0.00462. The first kappa shape index (κ1) is 16.9. The van der Waals surface area contributed by atoms with Crippen molar-refractivity contribution in [2.24, 2.45) is 0 Å². The van der Waals surface area contributed by atoms with Crippen molar-refractivity contribution >= 4 is 27.7 Å². The van der Waals surface area contributed by atoms with Gasteiger partial charge in [0, 0.05) is 9.79 Å².